The third-order valence-electron chi connectivity index (χ3n) is 11.0. The quantitative estimate of drug-likeness (QED) is 0.0668. The van der Waals surface area contributed by atoms with E-state index < -0.39 is 29.7 Å². The first-order valence-corrected chi connectivity index (χ1v) is 25.3. The fraction of sp³-hybridized carbons (Fsp3) is 0.750. The monoisotopic (exact) mass is 985 g/mol. The molecule has 0 aliphatic carbocycles. The van der Waals surface area contributed by atoms with Crippen LogP contribution in [-0.2, 0) is 57.6 Å². The molecule has 21 nitrogen and oxygen atoms in total. The minimum absolute atomic E-state index is 0.0280. The van der Waals surface area contributed by atoms with E-state index >= 15 is 0 Å². The Hall–Kier alpha value is -4.93. The molecule has 0 aromatic carbocycles. The molecule has 1 saturated heterocycles. The number of unbranched alkanes of at least 4 members (excludes halogenated alkanes) is 1. The highest BCUT2D eigenvalue weighted by Crippen LogP contribution is 2.15. The van der Waals surface area contributed by atoms with E-state index in [4.69, 9.17) is 4.84 Å². The second kappa shape index (κ2) is 33.5. The van der Waals surface area contributed by atoms with Crippen LogP contribution in [0.2, 0.25) is 0 Å². The van der Waals surface area contributed by atoms with Crippen molar-refractivity contribution in [2.24, 2.45) is 0 Å². The zero-order valence-corrected chi connectivity index (χ0v) is 42.5. The van der Waals surface area contributed by atoms with Crippen LogP contribution in [0.4, 0.5) is 0 Å². The lowest BCUT2D eigenvalue weighted by Gasteiger charge is -2.28. The number of carbonyl (C=O) groups is 11. The van der Waals surface area contributed by atoms with Gasteiger partial charge in [0.25, 0.3) is 11.8 Å². The normalized spacial score (nSPS) is 12.5. The molecule has 1 rings (SSSR count). The van der Waals surface area contributed by atoms with Crippen LogP contribution in [0.5, 0.6) is 0 Å². The first-order valence-electron chi connectivity index (χ1n) is 23.0. The summed E-state index contributed by atoms with van der Waals surface area (Å²) in [5.41, 5.74) is 0. The van der Waals surface area contributed by atoms with Crippen molar-refractivity contribution in [3.05, 3.63) is 0 Å². The average molecular weight is 986 g/mol. The second-order valence-electron chi connectivity index (χ2n) is 16.0. The molecule has 67 heavy (non-hydrogen) atoms. The Labute approximate surface area is 404 Å². The lowest BCUT2D eigenvalue weighted by molar-refractivity contribution is -0.199. The maximum atomic E-state index is 13.1. The van der Waals surface area contributed by atoms with Crippen molar-refractivity contribution in [3.63, 3.8) is 0 Å². The first-order chi connectivity index (χ1) is 31.7. The van der Waals surface area contributed by atoms with Gasteiger partial charge in [-0.15, -0.1) is 5.06 Å². The van der Waals surface area contributed by atoms with Crippen molar-refractivity contribution >= 4 is 88.6 Å². The molecule has 1 fully saturated rings. The van der Waals surface area contributed by atoms with Crippen LogP contribution in [0.3, 0.4) is 0 Å². The van der Waals surface area contributed by atoms with Gasteiger partial charge in [-0.1, -0.05) is 13.8 Å². The number of imide groups is 1. The van der Waals surface area contributed by atoms with Crippen LogP contribution in [-0.4, -0.2) is 215 Å². The smallest absolute Gasteiger partial charge is 0.355 e. The van der Waals surface area contributed by atoms with Gasteiger partial charge in [0.15, 0.2) is 0 Å². The van der Waals surface area contributed by atoms with Crippen molar-refractivity contribution in [1.82, 2.24) is 45.1 Å². The van der Waals surface area contributed by atoms with Gasteiger partial charge in [0, 0.05) is 175 Å². The second-order valence-corrected chi connectivity index (χ2v) is 18.5. The summed E-state index contributed by atoms with van der Waals surface area (Å²) in [6.45, 7) is 13.2. The van der Waals surface area contributed by atoms with Gasteiger partial charge in [-0.05, 0) is 19.3 Å². The van der Waals surface area contributed by atoms with E-state index in [1.165, 1.54) is 61.0 Å². The van der Waals surface area contributed by atoms with Crippen molar-refractivity contribution in [2.45, 2.75) is 105 Å². The van der Waals surface area contributed by atoms with Gasteiger partial charge in [-0.25, -0.2) is 4.79 Å². The molecular formula is C44H75N9O12S2. The highest BCUT2D eigenvalue weighted by molar-refractivity contribution is 7.99. The molecule has 0 aromatic rings. The summed E-state index contributed by atoms with van der Waals surface area (Å²) in [4.78, 5) is 151. The molecule has 380 valence electrons. The van der Waals surface area contributed by atoms with Gasteiger partial charge >= 0.3 is 5.97 Å². The van der Waals surface area contributed by atoms with E-state index in [0.29, 0.717) is 119 Å². The van der Waals surface area contributed by atoms with Crippen LogP contribution in [0.15, 0.2) is 0 Å². The predicted octanol–water partition coefficient (Wildman–Crippen LogP) is 0.742. The molecule has 0 spiro atoms. The zero-order valence-electron chi connectivity index (χ0n) is 40.9. The summed E-state index contributed by atoms with van der Waals surface area (Å²) in [5.74, 6) is -1.58. The Morgan fingerprint density at radius 1 is 0.567 bits per heavy atom. The third kappa shape index (κ3) is 25.1. The number of hydroxylamine groups is 2. The lowest BCUT2D eigenvalue weighted by Crippen LogP contribution is -2.45. The Bertz CT molecular complexity index is 1670. The van der Waals surface area contributed by atoms with Gasteiger partial charge in [0.05, 0.1) is 0 Å². The molecule has 23 heteroatoms. The molecule has 0 saturated carbocycles. The van der Waals surface area contributed by atoms with Crippen molar-refractivity contribution < 1.29 is 57.6 Å². The average Bonchev–Trinajstić information content (AvgIpc) is 3.60. The van der Waals surface area contributed by atoms with E-state index in [0.717, 1.165) is 0 Å². The maximum Gasteiger partial charge on any atom is 0.355 e. The largest absolute Gasteiger partial charge is 0.356 e. The molecule has 1 aliphatic rings. The van der Waals surface area contributed by atoms with Crippen molar-refractivity contribution in [1.29, 1.82) is 0 Å². The number of nitrogens with one attached hydrogen (secondary N) is 2. The topological polar surface area (TPSA) is 244 Å². The lowest BCUT2D eigenvalue weighted by atomic mass is 10.1. The van der Waals surface area contributed by atoms with E-state index in [2.05, 4.69) is 10.6 Å². The van der Waals surface area contributed by atoms with Crippen molar-refractivity contribution in [3.8, 4) is 0 Å². The Morgan fingerprint density at radius 3 is 1.40 bits per heavy atom. The Balaban J connectivity index is 2.60. The van der Waals surface area contributed by atoms with Crippen molar-refractivity contribution in [2.75, 3.05) is 109 Å². The summed E-state index contributed by atoms with van der Waals surface area (Å²) in [5, 5.41) is 5.94. The number of amides is 10. The highest BCUT2D eigenvalue weighted by atomic mass is 32.2. The zero-order chi connectivity index (χ0) is 50.5. The van der Waals surface area contributed by atoms with Crippen LogP contribution in [0.1, 0.15) is 99.3 Å². The maximum absolute atomic E-state index is 13.1. The van der Waals surface area contributed by atoms with E-state index in [1.54, 1.807) is 47.5 Å². The number of rotatable bonds is 34. The molecule has 1 aliphatic heterocycles. The minimum atomic E-state index is -1.17. The van der Waals surface area contributed by atoms with Gasteiger partial charge < -0.3 is 44.9 Å². The molecule has 0 radical (unpaired) electrons. The van der Waals surface area contributed by atoms with Gasteiger partial charge in [0.1, 0.15) is 6.04 Å². The number of nitrogens with zero attached hydrogens (tertiary/aromatic N) is 7. The molecule has 1 heterocycles. The summed E-state index contributed by atoms with van der Waals surface area (Å²) < 4.78 is 0. The van der Waals surface area contributed by atoms with Crippen LogP contribution in [0.25, 0.3) is 0 Å². The number of carbonyl (C=O) groups excluding carboxylic acids is 11. The minimum Gasteiger partial charge on any atom is -0.356 e. The molecule has 0 bridgehead atoms. The summed E-state index contributed by atoms with van der Waals surface area (Å²) in [7, 11) is 3.32. The van der Waals surface area contributed by atoms with Gasteiger partial charge in [-0.2, -0.15) is 23.5 Å². The van der Waals surface area contributed by atoms with Gasteiger partial charge in [0.2, 0.25) is 47.3 Å². The predicted molar refractivity (Wildman–Crippen MR) is 255 cm³/mol. The fourth-order valence-electron chi connectivity index (χ4n) is 6.36. The molecule has 1 unspecified atom stereocenters. The van der Waals surface area contributed by atoms with Crippen LogP contribution >= 0.6 is 23.5 Å². The summed E-state index contributed by atoms with van der Waals surface area (Å²) in [6, 6.07) is -1.17. The molecular weight excluding hydrogens is 911 g/mol. The van der Waals surface area contributed by atoms with Crippen LogP contribution in [0, 0.1) is 0 Å². The van der Waals surface area contributed by atoms with E-state index in [1.807, 2.05) is 0 Å². The number of thioether (sulfide) groups is 2. The van der Waals surface area contributed by atoms with Crippen LogP contribution < -0.4 is 10.6 Å². The number of hydrogen-bond acceptors (Lipinski definition) is 14. The van der Waals surface area contributed by atoms with Gasteiger partial charge in [-0.3, -0.25) is 47.9 Å². The number of hydrogen-bond donors (Lipinski definition) is 2. The molecule has 10 amide bonds. The summed E-state index contributed by atoms with van der Waals surface area (Å²) in [6.07, 6.45) is 1.63. The van der Waals surface area contributed by atoms with E-state index in [-0.39, 0.29) is 79.9 Å². The molecule has 2 N–H and O–H groups in total. The number of likely N-dealkylation sites (N-methyl/N-ethyl adjacent to an activating group) is 2. The third-order valence-corrected chi connectivity index (χ3v) is 12.9. The fourth-order valence-corrected chi connectivity index (χ4v) is 8.13. The molecule has 1 atom stereocenters. The van der Waals surface area contributed by atoms with E-state index in [9.17, 15) is 52.7 Å². The Kier molecular flexibility index (Phi) is 30.1. The summed E-state index contributed by atoms with van der Waals surface area (Å²) >= 11 is 2.95. The first kappa shape index (κ1) is 60.1. The standard InChI is InChI=1S/C44H75N9O12S2/c1-9-40(60)51(25-23-49(35(5)56)21-19-47(7)33(3)54)27-31-66-29-16-38(58)45-18-12-11-13-37(44(64)65-53-42(62)14-15-43(53)63)46-39(59)17-30-67-32-28-52(41(61)10-2)26-24-50(36(6)57)22-20-48(8)34(4)55/h37H,9-32H2,1-8H3,(H,45,58)(H,46,59). The SMILES string of the molecule is CCC(=O)N(CCSCCC(=O)NCCCCC(NC(=O)CCSCCN(CCN(CCN(C)C(C)=O)C(C)=O)C(=O)CC)C(=O)ON1C(=O)CCC1=O)CCN(CCN(C)C(C)=O)C(C)=O. The highest BCUT2D eigenvalue weighted by Gasteiger charge is 2.35. The molecule has 0 aromatic heterocycles. The Morgan fingerprint density at radius 2 is 0.985 bits per heavy atom.